The van der Waals surface area contributed by atoms with Gasteiger partial charge in [-0.2, -0.15) is 4.98 Å². The summed E-state index contributed by atoms with van der Waals surface area (Å²) in [5.74, 6) is -0.967. The standard InChI is InChI=1S/C16H9N3O2.C5H5N3O2/c20-16-13-14(18-9-8-17-13)19-15(21-16)12-7-3-5-10-4-1-2-6-11(10)12;6-4-3(5(9)10)7-1-2-8-4/h1-9H;1-2H,(H2,6,8)(H,9,10). The van der Waals surface area contributed by atoms with Crippen molar-refractivity contribution in [2.24, 2.45) is 0 Å². The highest BCUT2D eigenvalue weighted by molar-refractivity contribution is 5.95. The predicted octanol–water partition coefficient (Wildman–Crippen LogP) is 2.56. The van der Waals surface area contributed by atoms with Crippen LogP contribution in [0.5, 0.6) is 0 Å². The number of hydrogen-bond donors (Lipinski definition) is 2. The molecule has 5 aromatic rings. The second-order valence-electron chi connectivity index (χ2n) is 6.16. The molecule has 0 spiro atoms. The normalized spacial score (nSPS) is 10.5. The van der Waals surface area contributed by atoms with Crippen LogP contribution in [0.3, 0.4) is 0 Å². The smallest absolute Gasteiger partial charge is 0.367 e. The van der Waals surface area contributed by atoms with E-state index in [4.69, 9.17) is 15.3 Å². The lowest BCUT2D eigenvalue weighted by molar-refractivity contribution is 0.0691. The monoisotopic (exact) mass is 414 g/mol. The minimum atomic E-state index is -1.16. The van der Waals surface area contributed by atoms with Gasteiger partial charge in [0, 0.05) is 30.4 Å². The van der Waals surface area contributed by atoms with Crippen LogP contribution < -0.4 is 11.4 Å². The number of aromatic nitrogens is 5. The molecule has 0 amide bonds. The molecule has 31 heavy (non-hydrogen) atoms. The van der Waals surface area contributed by atoms with Crippen LogP contribution in [-0.4, -0.2) is 36.0 Å². The van der Waals surface area contributed by atoms with Gasteiger partial charge in [-0.05, 0) is 16.8 Å². The fourth-order valence-corrected chi connectivity index (χ4v) is 2.85. The lowest BCUT2D eigenvalue weighted by Crippen LogP contribution is -2.06. The number of carboxylic acid groups (broad SMARTS) is 1. The summed E-state index contributed by atoms with van der Waals surface area (Å²) in [7, 11) is 0. The van der Waals surface area contributed by atoms with E-state index in [1.807, 2.05) is 42.5 Å². The Hall–Kier alpha value is -4.73. The van der Waals surface area contributed by atoms with Crippen LogP contribution in [0, 0.1) is 0 Å². The maximum absolute atomic E-state index is 12.0. The Balaban J connectivity index is 0.000000196. The van der Waals surface area contributed by atoms with Crippen LogP contribution in [0.1, 0.15) is 10.5 Å². The van der Waals surface area contributed by atoms with Crippen LogP contribution in [0.4, 0.5) is 5.82 Å². The zero-order valence-corrected chi connectivity index (χ0v) is 15.8. The Morgan fingerprint density at radius 3 is 2.39 bits per heavy atom. The molecule has 0 bridgehead atoms. The van der Waals surface area contributed by atoms with Crippen molar-refractivity contribution in [1.82, 2.24) is 24.9 Å². The molecule has 152 valence electrons. The Morgan fingerprint density at radius 1 is 0.903 bits per heavy atom. The van der Waals surface area contributed by atoms with Crippen molar-refractivity contribution in [3.8, 4) is 11.5 Å². The summed E-state index contributed by atoms with van der Waals surface area (Å²) in [5.41, 5.74) is 5.62. The predicted molar refractivity (Wildman–Crippen MR) is 112 cm³/mol. The van der Waals surface area contributed by atoms with Crippen LogP contribution >= 0.6 is 0 Å². The highest BCUT2D eigenvalue weighted by atomic mass is 16.4. The first-order valence-corrected chi connectivity index (χ1v) is 8.94. The van der Waals surface area contributed by atoms with E-state index in [0.717, 1.165) is 16.3 Å². The number of aromatic carboxylic acids is 1. The number of anilines is 1. The fraction of sp³-hybridized carbons (Fsp3) is 0. The Labute approximate surface area is 174 Å². The second-order valence-corrected chi connectivity index (χ2v) is 6.16. The average Bonchev–Trinajstić information content (AvgIpc) is 2.79. The van der Waals surface area contributed by atoms with E-state index >= 15 is 0 Å². The third-order valence-corrected chi connectivity index (χ3v) is 4.22. The molecule has 3 aromatic heterocycles. The maximum atomic E-state index is 12.0. The summed E-state index contributed by atoms with van der Waals surface area (Å²) in [4.78, 5) is 41.6. The molecule has 0 aliphatic carbocycles. The molecular formula is C21H14N6O4. The first-order valence-electron chi connectivity index (χ1n) is 8.94. The Kier molecular flexibility index (Phi) is 5.26. The second kappa shape index (κ2) is 8.33. The van der Waals surface area contributed by atoms with Crippen molar-refractivity contribution in [2.45, 2.75) is 0 Å². The minimum Gasteiger partial charge on any atom is -0.476 e. The van der Waals surface area contributed by atoms with E-state index in [0.29, 0.717) is 0 Å². The molecule has 0 aliphatic rings. The van der Waals surface area contributed by atoms with Gasteiger partial charge in [0.15, 0.2) is 22.7 Å². The number of fused-ring (bicyclic) bond motifs is 2. The number of rotatable bonds is 2. The van der Waals surface area contributed by atoms with Crippen molar-refractivity contribution in [3.05, 3.63) is 83.4 Å². The Morgan fingerprint density at radius 2 is 1.61 bits per heavy atom. The molecule has 2 aromatic carbocycles. The summed E-state index contributed by atoms with van der Waals surface area (Å²) < 4.78 is 5.32. The van der Waals surface area contributed by atoms with E-state index < -0.39 is 11.6 Å². The van der Waals surface area contributed by atoms with Crippen molar-refractivity contribution in [1.29, 1.82) is 0 Å². The van der Waals surface area contributed by atoms with Gasteiger partial charge < -0.3 is 15.3 Å². The first-order chi connectivity index (χ1) is 15.0. The lowest BCUT2D eigenvalue weighted by Gasteiger charge is -2.04. The van der Waals surface area contributed by atoms with Gasteiger partial charge in [0.1, 0.15) is 0 Å². The summed E-state index contributed by atoms with van der Waals surface area (Å²) >= 11 is 0. The summed E-state index contributed by atoms with van der Waals surface area (Å²) in [6.07, 6.45) is 5.56. The van der Waals surface area contributed by atoms with Gasteiger partial charge in [-0.15, -0.1) is 0 Å². The lowest BCUT2D eigenvalue weighted by atomic mass is 10.0. The molecule has 0 atom stereocenters. The molecule has 10 heteroatoms. The molecule has 5 rings (SSSR count). The third kappa shape index (κ3) is 4.03. The summed E-state index contributed by atoms with van der Waals surface area (Å²) in [6, 6.07) is 13.6. The molecule has 0 saturated heterocycles. The van der Waals surface area contributed by atoms with Crippen LogP contribution in [0.2, 0.25) is 0 Å². The summed E-state index contributed by atoms with van der Waals surface area (Å²) in [6.45, 7) is 0. The molecule has 0 unspecified atom stereocenters. The van der Waals surface area contributed by atoms with Gasteiger partial charge in [-0.25, -0.2) is 29.5 Å². The topological polar surface area (TPSA) is 158 Å². The highest BCUT2D eigenvalue weighted by Gasteiger charge is 2.12. The van der Waals surface area contributed by atoms with Crippen molar-refractivity contribution >= 4 is 33.7 Å². The number of benzene rings is 2. The zero-order chi connectivity index (χ0) is 21.8. The largest absolute Gasteiger partial charge is 0.476 e. The number of carboxylic acids is 1. The van der Waals surface area contributed by atoms with Crippen molar-refractivity contribution in [2.75, 3.05) is 5.73 Å². The summed E-state index contributed by atoms with van der Waals surface area (Å²) in [5, 5.41) is 10.4. The van der Waals surface area contributed by atoms with E-state index in [9.17, 15) is 9.59 Å². The van der Waals surface area contributed by atoms with E-state index in [-0.39, 0.29) is 28.6 Å². The van der Waals surface area contributed by atoms with Gasteiger partial charge in [-0.3, -0.25) is 0 Å². The molecule has 3 N–H and O–H groups in total. The van der Waals surface area contributed by atoms with Gasteiger partial charge in [0.25, 0.3) is 0 Å². The van der Waals surface area contributed by atoms with Crippen LogP contribution in [-0.2, 0) is 0 Å². The molecule has 0 aliphatic heterocycles. The van der Waals surface area contributed by atoms with Gasteiger partial charge >= 0.3 is 11.6 Å². The molecule has 0 saturated carbocycles. The quantitative estimate of drug-likeness (QED) is 0.439. The molecule has 0 fully saturated rings. The van der Waals surface area contributed by atoms with Gasteiger partial charge in [0.05, 0.1) is 0 Å². The van der Waals surface area contributed by atoms with Crippen LogP contribution in [0.15, 0.2) is 76.5 Å². The van der Waals surface area contributed by atoms with Gasteiger partial charge in [0.2, 0.25) is 5.89 Å². The molecule has 3 heterocycles. The first kappa shape index (κ1) is 19.6. The maximum Gasteiger partial charge on any atom is 0.367 e. The molecule has 0 radical (unpaired) electrons. The molecular weight excluding hydrogens is 400 g/mol. The minimum absolute atomic E-state index is 0.0602. The van der Waals surface area contributed by atoms with Crippen molar-refractivity contribution < 1.29 is 14.3 Å². The number of carbonyl (C=O) groups is 1. The number of nitrogens with two attached hydrogens (primary N) is 1. The van der Waals surface area contributed by atoms with E-state index in [1.54, 1.807) is 0 Å². The number of nitrogens with zero attached hydrogens (tertiary/aromatic N) is 5. The van der Waals surface area contributed by atoms with Crippen LogP contribution in [0.25, 0.3) is 33.4 Å². The fourth-order valence-electron chi connectivity index (χ4n) is 2.85. The van der Waals surface area contributed by atoms with E-state index in [1.165, 1.54) is 24.8 Å². The average molecular weight is 414 g/mol. The highest BCUT2D eigenvalue weighted by Crippen LogP contribution is 2.26. The van der Waals surface area contributed by atoms with E-state index in [2.05, 4.69) is 24.9 Å². The number of hydrogen-bond acceptors (Lipinski definition) is 9. The molecule has 10 nitrogen and oxygen atoms in total. The zero-order valence-electron chi connectivity index (χ0n) is 15.8. The number of nitrogen functional groups attached to an aromatic ring is 1. The Bertz CT molecular complexity index is 1460. The van der Waals surface area contributed by atoms with Crippen molar-refractivity contribution in [3.63, 3.8) is 0 Å². The third-order valence-electron chi connectivity index (χ3n) is 4.22. The SMILES string of the molecule is Nc1nccnc1C(=O)O.O=c1oc(-c2cccc3ccccc23)nc2nccnc12. The van der Waals surface area contributed by atoms with Gasteiger partial charge in [-0.1, -0.05) is 36.4 Å².